The van der Waals surface area contributed by atoms with Gasteiger partial charge in [0.15, 0.2) is 12.4 Å². The Morgan fingerprint density at radius 1 is 0.967 bits per heavy atom. The summed E-state index contributed by atoms with van der Waals surface area (Å²) in [5.74, 6) is 2.06. The Hall–Kier alpha value is -2.99. The molecule has 6 heteroatoms. The van der Waals surface area contributed by atoms with Gasteiger partial charge in [-0.3, -0.25) is 9.59 Å². The topological polar surface area (TPSA) is 68.5 Å². The predicted octanol–water partition coefficient (Wildman–Crippen LogP) is 4.28. The number of nitrogens with one attached hydrogen (secondary N) is 1. The summed E-state index contributed by atoms with van der Waals surface area (Å²) in [5, 5.41) is 2.85. The SMILES string of the molecule is O=C(COc1ccccc1)NC(CCc1ccccc1)C(=O)CSCc1ccco1. The lowest BCUT2D eigenvalue weighted by molar-refractivity contribution is -0.128. The zero-order valence-corrected chi connectivity index (χ0v) is 17.5. The zero-order valence-electron chi connectivity index (χ0n) is 16.7. The molecule has 30 heavy (non-hydrogen) atoms. The molecule has 0 saturated heterocycles. The van der Waals surface area contributed by atoms with E-state index in [4.69, 9.17) is 9.15 Å². The number of hydrogen-bond donors (Lipinski definition) is 1. The molecule has 1 aromatic heterocycles. The number of hydrogen-bond acceptors (Lipinski definition) is 5. The molecule has 0 fully saturated rings. The molecule has 0 aliphatic rings. The highest BCUT2D eigenvalue weighted by Gasteiger charge is 2.21. The van der Waals surface area contributed by atoms with Crippen LogP contribution < -0.4 is 10.1 Å². The van der Waals surface area contributed by atoms with Crippen LogP contribution in [0.1, 0.15) is 17.7 Å². The Bertz CT molecular complexity index is 897. The minimum atomic E-state index is -0.554. The summed E-state index contributed by atoms with van der Waals surface area (Å²) >= 11 is 1.48. The van der Waals surface area contributed by atoms with E-state index in [0.29, 0.717) is 30.1 Å². The number of carbonyl (C=O) groups is 2. The zero-order chi connectivity index (χ0) is 21.0. The fourth-order valence-electron chi connectivity index (χ4n) is 2.92. The normalized spacial score (nSPS) is 11.6. The Kier molecular flexibility index (Phi) is 8.60. The lowest BCUT2D eigenvalue weighted by Crippen LogP contribution is -2.44. The van der Waals surface area contributed by atoms with Crippen molar-refractivity contribution in [1.29, 1.82) is 0 Å². The molecule has 0 spiro atoms. The van der Waals surface area contributed by atoms with Crippen LogP contribution in [0.3, 0.4) is 0 Å². The average molecular weight is 424 g/mol. The van der Waals surface area contributed by atoms with Crippen molar-refractivity contribution in [2.24, 2.45) is 0 Å². The molecule has 1 N–H and O–H groups in total. The molecule has 0 aliphatic heterocycles. The van der Waals surface area contributed by atoms with E-state index in [0.717, 1.165) is 11.3 Å². The first-order chi connectivity index (χ1) is 14.7. The molecule has 1 amide bonds. The van der Waals surface area contributed by atoms with Crippen LogP contribution in [0, 0.1) is 0 Å². The van der Waals surface area contributed by atoms with Crippen LogP contribution in [0.2, 0.25) is 0 Å². The monoisotopic (exact) mass is 423 g/mol. The second-order valence-electron chi connectivity index (χ2n) is 6.78. The first kappa shape index (κ1) is 21.7. The van der Waals surface area contributed by atoms with Gasteiger partial charge in [0.2, 0.25) is 0 Å². The summed E-state index contributed by atoms with van der Waals surface area (Å²) < 4.78 is 10.8. The van der Waals surface area contributed by atoms with Crippen LogP contribution in [-0.4, -0.2) is 30.1 Å². The lowest BCUT2D eigenvalue weighted by atomic mass is 10.0. The third kappa shape index (κ3) is 7.44. The maximum absolute atomic E-state index is 12.8. The van der Waals surface area contributed by atoms with E-state index in [9.17, 15) is 9.59 Å². The van der Waals surface area contributed by atoms with Gasteiger partial charge in [-0.2, -0.15) is 0 Å². The maximum Gasteiger partial charge on any atom is 0.258 e. The van der Waals surface area contributed by atoms with Gasteiger partial charge in [-0.15, -0.1) is 11.8 Å². The van der Waals surface area contributed by atoms with Gasteiger partial charge >= 0.3 is 0 Å². The number of benzene rings is 2. The Labute approximate surface area is 180 Å². The molecular formula is C24H25NO4S. The van der Waals surface area contributed by atoms with Crippen molar-refractivity contribution in [3.63, 3.8) is 0 Å². The average Bonchev–Trinajstić information content (AvgIpc) is 3.30. The standard InChI is InChI=1S/C24H25NO4S/c26-23(18-30-17-21-12-7-15-28-21)22(14-13-19-8-3-1-4-9-19)25-24(27)16-29-20-10-5-2-6-11-20/h1-12,15,22H,13-14,16-18H2,(H,25,27). The third-order valence-electron chi connectivity index (χ3n) is 4.47. The van der Waals surface area contributed by atoms with Crippen LogP contribution in [0.15, 0.2) is 83.5 Å². The van der Waals surface area contributed by atoms with Crippen molar-refractivity contribution < 1.29 is 18.7 Å². The largest absolute Gasteiger partial charge is 0.484 e. The van der Waals surface area contributed by atoms with Gasteiger partial charge in [0.1, 0.15) is 11.5 Å². The Morgan fingerprint density at radius 2 is 1.70 bits per heavy atom. The highest BCUT2D eigenvalue weighted by atomic mass is 32.2. The summed E-state index contributed by atoms with van der Waals surface area (Å²) in [6.45, 7) is -0.126. The van der Waals surface area contributed by atoms with Gasteiger partial charge in [0.05, 0.1) is 23.8 Å². The second-order valence-corrected chi connectivity index (χ2v) is 7.77. The highest BCUT2D eigenvalue weighted by molar-refractivity contribution is 7.99. The summed E-state index contributed by atoms with van der Waals surface area (Å²) in [4.78, 5) is 25.2. The van der Waals surface area contributed by atoms with E-state index in [1.807, 2.05) is 60.7 Å². The first-order valence-electron chi connectivity index (χ1n) is 9.84. The van der Waals surface area contributed by atoms with Crippen molar-refractivity contribution in [2.45, 2.75) is 24.6 Å². The molecule has 0 bridgehead atoms. The molecule has 5 nitrogen and oxygen atoms in total. The van der Waals surface area contributed by atoms with Gasteiger partial charge < -0.3 is 14.5 Å². The van der Waals surface area contributed by atoms with Gasteiger partial charge in [0.25, 0.3) is 5.91 Å². The number of Topliss-reactive ketones (excluding diaryl/α,β-unsaturated/α-hetero) is 1. The molecule has 0 aliphatic carbocycles. The smallest absolute Gasteiger partial charge is 0.258 e. The van der Waals surface area contributed by atoms with Crippen molar-refractivity contribution >= 4 is 23.5 Å². The summed E-state index contributed by atoms with van der Waals surface area (Å²) in [6, 6.07) is 22.2. The fraction of sp³-hybridized carbons (Fsp3) is 0.250. The van der Waals surface area contributed by atoms with Crippen molar-refractivity contribution in [1.82, 2.24) is 5.32 Å². The van der Waals surface area contributed by atoms with Crippen LogP contribution in [0.25, 0.3) is 0 Å². The summed E-state index contributed by atoms with van der Waals surface area (Å²) in [5.41, 5.74) is 1.13. The summed E-state index contributed by atoms with van der Waals surface area (Å²) in [6.07, 6.45) is 2.87. The van der Waals surface area contributed by atoms with Crippen LogP contribution in [0.4, 0.5) is 0 Å². The van der Waals surface area contributed by atoms with Crippen LogP contribution >= 0.6 is 11.8 Å². The number of rotatable bonds is 12. The minimum Gasteiger partial charge on any atom is -0.484 e. The molecule has 156 valence electrons. The molecular weight excluding hydrogens is 398 g/mol. The van der Waals surface area contributed by atoms with Crippen LogP contribution in [0.5, 0.6) is 5.75 Å². The van der Waals surface area contributed by atoms with E-state index in [1.165, 1.54) is 11.8 Å². The van der Waals surface area contributed by atoms with Crippen LogP contribution in [-0.2, 0) is 21.8 Å². The predicted molar refractivity (Wildman–Crippen MR) is 119 cm³/mol. The number of para-hydroxylation sites is 1. The third-order valence-corrected chi connectivity index (χ3v) is 5.45. The van der Waals surface area contributed by atoms with E-state index in [2.05, 4.69) is 5.32 Å². The molecule has 0 saturated carbocycles. The number of thioether (sulfide) groups is 1. The molecule has 3 rings (SSSR count). The fourth-order valence-corrected chi connectivity index (χ4v) is 3.79. The van der Waals surface area contributed by atoms with Gasteiger partial charge in [0, 0.05) is 0 Å². The minimum absolute atomic E-state index is 0.00412. The van der Waals surface area contributed by atoms with Gasteiger partial charge in [-0.1, -0.05) is 48.5 Å². The number of amides is 1. The number of ether oxygens (including phenoxy) is 1. The lowest BCUT2D eigenvalue weighted by Gasteiger charge is -2.18. The van der Waals surface area contributed by atoms with Crippen molar-refractivity contribution in [2.75, 3.05) is 12.4 Å². The van der Waals surface area contributed by atoms with Crippen molar-refractivity contribution in [3.8, 4) is 5.75 Å². The molecule has 1 heterocycles. The van der Waals surface area contributed by atoms with E-state index in [1.54, 1.807) is 18.4 Å². The van der Waals surface area contributed by atoms with E-state index >= 15 is 0 Å². The number of furan rings is 1. The molecule has 1 atom stereocenters. The molecule has 3 aromatic rings. The van der Waals surface area contributed by atoms with E-state index < -0.39 is 6.04 Å². The molecule has 2 aromatic carbocycles. The Morgan fingerprint density at radius 3 is 2.40 bits per heavy atom. The highest BCUT2D eigenvalue weighted by Crippen LogP contribution is 2.15. The second kappa shape index (κ2) is 11.9. The maximum atomic E-state index is 12.8. The first-order valence-corrected chi connectivity index (χ1v) is 11.0. The number of carbonyl (C=O) groups excluding carboxylic acids is 2. The van der Waals surface area contributed by atoms with E-state index in [-0.39, 0.29) is 18.3 Å². The van der Waals surface area contributed by atoms with Crippen molar-refractivity contribution in [3.05, 3.63) is 90.4 Å². The Balaban J connectivity index is 1.53. The summed E-state index contributed by atoms with van der Waals surface area (Å²) in [7, 11) is 0. The quantitative estimate of drug-likeness (QED) is 0.471. The van der Waals surface area contributed by atoms with Gasteiger partial charge in [-0.05, 0) is 42.7 Å². The number of ketones is 1. The molecule has 0 radical (unpaired) electrons. The van der Waals surface area contributed by atoms with Gasteiger partial charge in [-0.25, -0.2) is 0 Å². The molecule has 1 unspecified atom stereocenters. The number of aryl methyl sites for hydroxylation is 1.